The van der Waals surface area contributed by atoms with Crippen molar-refractivity contribution in [3.8, 4) is 5.75 Å². The number of hydrogen-bond donors (Lipinski definition) is 0. The summed E-state index contributed by atoms with van der Waals surface area (Å²) in [7, 11) is -0.280. The van der Waals surface area contributed by atoms with Crippen LogP contribution in [0.5, 0.6) is 5.75 Å². The van der Waals surface area contributed by atoms with Crippen LogP contribution in [0.1, 0.15) is 12.8 Å². The summed E-state index contributed by atoms with van der Waals surface area (Å²) in [6.45, 7) is 1.36. The first kappa shape index (κ1) is 15.7. The number of aromatic nitrogens is 1. The minimum absolute atomic E-state index is 0.0298. The van der Waals surface area contributed by atoms with Gasteiger partial charge in [-0.3, -0.25) is 4.98 Å². The van der Waals surface area contributed by atoms with E-state index in [0.29, 0.717) is 26.1 Å². The summed E-state index contributed by atoms with van der Waals surface area (Å²) < 4.78 is 38.6. The molecule has 122 valence electrons. The minimum Gasteiger partial charge on any atom is -0.489 e. The third-order valence-corrected chi connectivity index (χ3v) is 5.94. The Kier molecular flexibility index (Phi) is 4.11. The van der Waals surface area contributed by atoms with Crippen molar-refractivity contribution in [3.05, 3.63) is 24.5 Å². The van der Waals surface area contributed by atoms with E-state index < -0.39 is 15.8 Å². The van der Waals surface area contributed by atoms with Gasteiger partial charge < -0.3 is 9.47 Å². The van der Waals surface area contributed by atoms with Gasteiger partial charge in [0.05, 0.1) is 18.4 Å². The highest BCUT2D eigenvalue weighted by atomic mass is 32.2. The SMILES string of the molecule is CN(C)S(=O)(=O)N1CC2(C[C@@H](Oc3cccnc3)CCO2)C1. The van der Waals surface area contributed by atoms with Gasteiger partial charge in [0.2, 0.25) is 0 Å². The molecule has 0 amide bonds. The number of ether oxygens (including phenoxy) is 2. The second-order valence-corrected chi connectivity index (χ2v) is 8.15. The van der Waals surface area contributed by atoms with Crippen LogP contribution in [0.2, 0.25) is 0 Å². The first-order valence-corrected chi connectivity index (χ1v) is 8.69. The zero-order valence-corrected chi connectivity index (χ0v) is 13.6. The molecule has 0 aliphatic carbocycles. The van der Waals surface area contributed by atoms with E-state index in [-0.39, 0.29) is 6.10 Å². The lowest BCUT2D eigenvalue weighted by atomic mass is 9.86. The summed E-state index contributed by atoms with van der Waals surface area (Å²) in [5, 5.41) is 0. The molecule has 1 atom stereocenters. The summed E-state index contributed by atoms with van der Waals surface area (Å²) in [5.74, 6) is 0.738. The third kappa shape index (κ3) is 2.96. The van der Waals surface area contributed by atoms with Crippen molar-refractivity contribution >= 4 is 10.2 Å². The Balaban J connectivity index is 1.61. The maximum atomic E-state index is 12.1. The highest BCUT2D eigenvalue weighted by Gasteiger charge is 2.52. The normalized spacial score (nSPS) is 25.1. The van der Waals surface area contributed by atoms with Gasteiger partial charge in [0.25, 0.3) is 10.2 Å². The van der Waals surface area contributed by atoms with Crippen LogP contribution in [0.3, 0.4) is 0 Å². The van der Waals surface area contributed by atoms with E-state index in [2.05, 4.69) is 4.98 Å². The van der Waals surface area contributed by atoms with E-state index in [4.69, 9.17) is 9.47 Å². The van der Waals surface area contributed by atoms with Crippen molar-refractivity contribution < 1.29 is 17.9 Å². The van der Waals surface area contributed by atoms with Gasteiger partial charge in [-0.15, -0.1) is 0 Å². The number of nitrogens with zero attached hydrogens (tertiary/aromatic N) is 3. The monoisotopic (exact) mass is 327 g/mol. The highest BCUT2D eigenvalue weighted by molar-refractivity contribution is 7.86. The molecule has 8 heteroatoms. The Labute approximate surface area is 131 Å². The molecule has 1 aromatic heterocycles. The van der Waals surface area contributed by atoms with Crippen LogP contribution >= 0.6 is 0 Å². The van der Waals surface area contributed by atoms with Gasteiger partial charge in [-0.25, -0.2) is 0 Å². The Morgan fingerprint density at radius 3 is 2.86 bits per heavy atom. The molecule has 2 aliphatic rings. The van der Waals surface area contributed by atoms with Crippen molar-refractivity contribution in [2.45, 2.75) is 24.5 Å². The Bertz CT molecular complexity index is 614. The van der Waals surface area contributed by atoms with Crippen LogP contribution in [0.4, 0.5) is 0 Å². The molecule has 3 rings (SSSR count). The van der Waals surface area contributed by atoms with Crippen molar-refractivity contribution in [1.29, 1.82) is 0 Å². The molecule has 0 unspecified atom stereocenters. The molecule has 0 N–H and O–H groups in total. The number of hydrogen-bond acceptors (Lipinski definition) is 5. The lowest BCUT2D eigenvalue weighted by Gasteiger charge is -2.52. The average Bonchev–Trinajstić information content (AvgIpc) is 2.46. The molecule has 2 saturated heterocycles. The summed E-state index contributed by atoms with van der Waals surface area (Å²) in [5.41, 5.74) is -0.409. The van der Waals surface area contributed by atoms with Gasteiger partial charge in [0, 0.05) is 46.2 Å². The fourth-order valence-corrected chi connectivity index (χ4v) is 4.16. The number of rotatable bonds is 4. The van der Waals surface area contributed by atoms with Gasteiger partial charge in [-0.1, -0.05) is 0 Å². The van der Waals surface area contributed by atoms with E-state index in [1.165, 1.54) is 22.7 Å². The molecule has 2 fully saturated rings. The van der Waals surface area contributed by atoms with Crippen LogP contribution in [-0.4, -0.2) is 67.5 Å². The molecule has 0 bridgehead atoms. The van der Waals surface area contributed by atoms with Crippen molar-refractivity contribution in [1.82, 2.24) is 13.6 Å². The third-order valence-electron chi connectivity index (χ3n) is 4.10. The summed E-state index contributed by atoms with van der Waals surface area (Å²) in [6.07, 6.45) is 4.92. The summed E-state index contributed by atoms with van der Waals surface area (Å²) in [4.78, 5) is 4.04. The van der Waals surface area contributed by atoms with Gasteiger partial charge in [-0.05, 0) is 12.1 Å². The molecule has 7 nitrogen and oxygen atoms in total. The van der Waals surface area contributed by atoms with Crippen LogP contribution in [0, 0.1) is 0 Å². The summed E-state index contributed by atoms with van der Waals surface area (Å²) in [6, 6.07) is 3.71. The van der Waals surface area contributed by atoms with Crippen LogP contribution in [-0.2, 0) is 14.9 Å². The maximum Gasteiger partial charge on any atom is 0.281 e. The van der Waals surface area contributed by atoms with Gasteiger partial charge in [0.1, 0.15) is 11.9 Å². The maximum absolute atomic E-state index is 12.1. The molecule has 1 spiro atoms. The van der Waals surface area contributed by atoms with Crippen molar-refractivity contribution in [2.75, 3.05) is 33.8 Å². The van der Waals surface area contributed by atoms with Crippen molar-refractivity contribution in [2.24, 2.45) is 0 Å². The first-order valence-electron chi connectivity index (χ1n) is 7.30. The van der Waals surface area contributed by atoms with Gasteiger partial charge in [-0.2, -0.15) is 17.0 Å². The fourth-order valence-electron chi connectivity index (χ4n) is 2.90. The van der Waals surface area contributed by atoms with Crippen molar-refractivity contribution in [3.63, 3.8) is 0 Å². The van der Waals surface area contributed by atoms with Gasteiger partial charge in [0.15, 0.2) is 0 Å². The number of pyridine rings is 1. The van der Waals surface area contributed by atoms with Crippen LogP contribution in [0.25, 0.3) is 0 Å². The van der Waals surface area contributed by atoms with E-state index >= 15 is 0 Å². The lowest BCUT2D eigenvalue weighted by Crippen LogP contribution is -2.68. The smallest absolute Gasteiger partial charge is 0.281 e. The minimum atomic E-state index is -3.36. The molecule has 0 saturated carbocycles. The molecule has 0 aromatic carbocycles. The fraction of sp³-hybridized carbons (Fsp3) is 0.643. The Morgan fingerprint density at radius 1 is 1.45 bits per heavy atom. The van der Waals surface area contributed by atoms with E-state index in [0.717, 1.165) is 12.2 Å². The topological polar surface area (TPSA) is 72.0 Å². The van der Waals surface area contributed by atoms with E-state index in [1.807, 2.05) is 12.1 Å². The molecule has 0 radical (unpaired) electrons. The van der Waals surface area contributed by atoms with Gasteiger partial charge >= 0.3 is 0 Å². The first-order chi connectivity index (χ1) is 10.4. The molecular formula is C14H21N3O4S. The Morgan fingerprint density at radius 2 is 2.23 bits per heavy atom. The zero-order valence-electron chi connectivity index (χ0n) is 12.8. The molecule has 22 heavy (non-hydrogen) atoms. The lowest BCUT2D eigenvalue weighted by molar-refractivity contribution is -0.165. The quantitative estimate of drug-likeness (QED) is 0.805. The predicted molar refractivity (Wildman–Crippen MR) is 80.7 cm³/mol. The second kappa shape index (κ2) is 5.77. The largest absolute Gasteiger partial charge is 0.489 e. The summed E-state index contributed by atoms with van der Waals surface area (Å²) >= 11 is 0. The van der Waals surface area contributed by atoms with E-state index in [1.54, 1.807) is 12.4 Å². The molecule has 3 heterocycles. The molecule has 2 aliphatic heterocycles. The molecule has 1 aromatic rings. The zero-order chi connectivity index (χ0) is 15.8. The van der Waals surface area contributed by atoms with Crippen LogP contribution in [0.15, 0.2) is 24.5 Å². The Hall–Kier alpha value is -1.22. The highest BCUT2D eigenvalue weighted by Crippen LogP contribution is 2.37. The van der Waals surface area contributed by atoms with Crippen LogP contribution < -0.4 is 4.74 Å². The van der Waals surface area contributed by atoms with E-state index in [9.17, 15) is 8.42 Å². The second-order valence-electron chi connectivity index (χ2n) is 6.01. The predicted octanol–water partition coefficient (Wildman–Crippen LogP) is 0.500. The average molecular weight is 327 g/mol. The molecular weight excluding hydrogens is 306 g/mol. The standard InChI is InChI=1S/C14H21N3O4S/c1-16(2)22(18,19)17-10-14(11-17)8-12(5-7-20-14)21-13-4-3-6-15-9-13/h3-4,6,9,12H,5,7-8,10-11H2,1-2H3/t12-/m0/s1.